The zero-order chi connectivity index (χ0) is 14.7. The molecular formula is C16H25N3O2. The van der Waals surface area contributed by atoms with Crippen molar-refractivity contribution in [1.29, 1.82) is 0 Å². The highest BCUT2D eigenvalue weighted by Crippen LogP contribution is 2.37. The third-order valence-electron chi connectivity index (χ3n) is 4.63. The minimum Gasteiger partial charge on any atom is -0.376 e. The zero-order valence-electron chi connectivity index (χ0n) is 13.0. The van der Waals surface area contributed by atoms with Crippen molar-refractivity contribution in [2.75, 3.05) is 31.2 Å². The molecule has 2 aliphatic rings. The second-order valence-corrected chi connectivity index (χ2v) is 6.01. The van der Waals surface area contributed by atoms with E-state index in [0.717, 1.165) is 57.9 Å². The third-order valence-corrected chi connectivity index (χ3v) is 4.63. The summed E-state index contributed by atoms with van der Waals surface area (Å²) in [5.41, 5.74) is 1.21. The van der Waals surface area contributed by atoms with E-state index in [9.17, 15) is 0 Å². The Hall–Kier alpha value is -1.20. The van der Waals surface area contributed by atoms with Crippen molar-refractivity contribution in [1.82, 2.24) is 9.97 Å². The maximum atomic E-state index is 6.07. The van der Waals surface area contributed by atoms with Crippen molar-refractivity contribution in [3.63, 3.8) is 0 Å². The first-order valence-electron chi connectivity index (χ1n) is 8.06. The number of hydrogen-bond donors (Lipinski definition) is 0. The molecule has 0 aromatic carbocycles. The lowest BCUT2D eigenvalue weighted by molar-refractivity contribution is -0.0191. The lowest BCUT2D eigenvalue weighted by Crippen LogP contribution is -2.45. The molecule has 0 bridgehead atoms. The van der Waals surface area contributed by atoms with Crippen LogP contribution in [0.25, 0.3) is 0 Å². The van der Waals surface area contributed by atoms with Crippen LogP contribution in [0.2, 0.25) is 0 Å². The van der Waals surface area contributed by atoms with Crippen LogP contribution in [0.5, 0.6) is 0 Å². The van der Waals surface area contributed by atoms with Crippen molar-refractivity contribution in [2.45, 2.75) is 51.2 Å². The molecular weight excluding hydrogens is 266 g/mol. The Morgan fingerprint density at radius 3 is 2.62 bits per heavy atom. The van der Waals surface area contributed by atoms with Crippen LogP contribution < -0.4 is 4.90 Å². The van der Waals surface area contributed by atoms with Gasteiger partial charge in [0.05, 0.1) is 18.3 Å². The van der Waals surface area contributed by atoms with Gasteiger partial charge in [0.25, 0.3) is 0 Å². The number of rotatable bonds is 4. The second kappa shape index (κ2) is 6.28. The van der Waals surface area contributed by atoms with Gasteiger partial charge in [-0.25, -0.2) is 9.97 Å². The summed E-state index contributed by atoms with van der Waals surface area (Å²) in [5, 5.41) is 0. The van der Waals surface area contributed by atoms with Gasteiger partial charge in [-0.3, -0.25) is 0 Å². The molecule has 116 valence electrons. The summed E-state index contributed by atoms with van der Waals surface area (Å²) in [5.74, 6) is 0.849. The standard InChI is InChI=1S/C16H25N3O2/c1-3-13-10-17-15(18-11-13)19-7-5-16(6-8-19)9-14(12-21-16)20-4-2/h10-11,14H,3-9,12H2,1-2H3/t14-/m1/s1. The fourth-order valence-corrected chi connectivity index (χ4v) is 3.30. The largest absolute Gasteiger partial charge is 0.376 e. The van der Waals surface area contributed by atoms with Crippen LogP contribution in [0.3, 0.4) is 0 Å². The molecule has 1 aromatic heterocycles. The normalized spacial score (nSPS) is 24.7. The second-order valence-electron chi connectivity index (χ2n) is 6.01. The molecule has 3 heterocycles. The molecule has 1 aromatic rings. The van der Waals surface area contributed by atoms with E-state index < -0.39 is 0 Å². The topological polar surface area (TPSA) is 47.5 Å². The molecule has 21 heavy (non-hydrogen) atoms. The van der Waals surface area contributed by atoms with Crippen molar-refractivity contribution in [3.8, 4) is 0 Å². The summed E-state index contributed by atoms with van der Waals surface area (Å²) >= 11 is 0. The smallest absolute Gasteiger partial charge is 0.225 e. The molecule has 0 radical (unpaired) electrons. The molecule has 3 rings (SSSR count). The van der Waals surface area contributed by atoms with E-state index >= 15 is 0 Å². The predicted octanol–water partition coefficient (Wildman–Crippen LogP) is 2.20. The van der Waals surface area contributed by atoms with Gasteiger partial charge in [0.15, 0.2) is 0 Å². The van der Waals surface area contributed by atoms with Crippen LogP contribution in [0.1, 0.15) is 38.7 Å². The Bertz CT molecular complexity index is 455. The number of aryl methyl sites for hydroxylation is 1. The molecule has 0 saturated carbocycles. The van der Waals surface area contributed by atoms with E-state index in [0.29, 0.717) is 0 Å². The van der Waals surface area contributed by atoms with Crippen LogP contribution in [0.4, 0.5) is 5.95 Å². The Morgan fingerprint density at radius 2 is 2.00 bits per heavy atom. The fraction of sp³-hybridized carbons (Fsp3) is 0.750. The van der Waals surface area contributed by atoms with Gasteiger partial charge in [-0.15, -0.1) is 0 Å². The third kappa shape index (κ3) is 3.19. The first-order chi connectivity index (χ1) is 10.2. The summed E-state index contributed by atoms with van der Waals surface area (Å²) in [6.07, 6.45) is 8.24. The molecule has 0 N–H and O–H groups in total. The van der Waals surface area contributed by atoms with Crippen molar-refractivity contribution in [2.24, 2.45) is 0 Å². The van der Waals surface area contributed by atoms with Gasteiger partial charge in [0.1, 0.15) is 0 Å². The fourth-order valence-electron chi connectivity index (χ4n) is 3.30. The van der Waals surface area contributed by atoms with E-state index in [4.69, 9.17) is 9.47 Å². The quantitative estimate of drug-likeness (QED) is 0.851. The van der Waals surface area contributed by atoms with Gasteiger partial charge in [0, 0.05) is 38.5 Å². The summed E-state index contributed by atoms with van der Waals surface area (Å²) in [7, 11) is 0. The average Bonchev–Trinajstić information content (AvgIpc) is 2.91. The van der Waals surface area contributed by atoms with Gasteiger partial charge < -0.3 is 14.4 Å². The maximum absolute atomic E-state index is 6.07. The molecule has 1 spiro atoms. The molecule has 2 fully saturated rings. The maximum Gasteiger partial charge on any atom is 0.225 e. The van der Waals surface area contributed by atoms with E-state index in [1.54, 1.807) is 0 Å². The van der Waals surface area contributed by atoms with Crippen molar-refractivity contribution < 1.29 is 9.47 Å². The zero-order valence-corrected chi connectivity index (χ0v) is 13.0. The van der Waals surface area contributed by atoms with E-state index in [2.05, 4.69) is 21.8 Å². The number of anilines is 1. The van der Waals surface area contributed by atoms with Gasteiger partial charge in [-0.2, -0.15) is 0 Å². The average molecular weight is 291 g/mol. The first-order valence-corrected chi connectivity index (χ1v) is 8.06. The monoisotopic (exact) mass is 291 g/mol. The highest BCUT2D eigenvalue weighted by molar-refractivity contribution is 5.31. The lowest BCUT2D eigenvalue weighted by atomic mass is 9.88. The number of nitrogens with zero attached hydrogens (tertiary/aromatic N) is 3. The Balaban J connectivity index is 1.57. The van der Waals surface area contributed by atoms with Gasteiger partial charge in [-0.1, -0.05) is 6.92 Å². The van der Waals surface area contributed by atoms with Gasteiger partial charge >= 0.3 is 0 Å². The Morgan fingerprint density at radius 1 is 1.29 bits per heavy atom. The van der Waals surface area contributed by atoms with Crippen molar-refractivity contribution in [3.05, 3.63) is 18.0 Å². The van der Waals surface area contributed by atoms with Gasteiger partial charge in [0.2, 0.25) is 5.95 Å². The number of piperidine rings is 1. The molecule has 2 aliphatic heterocycles. The SMILES string of the molecule is CCO[C@H]1COC2(CCN(c3ncc(CC)cn3)CC2)C1. The molecule has 5 heteroatoms. The lowest BCUT2D eigenvalue weighted by Gasteiger charge is -2.38. The first kappa shape index (κ1) is 14.7. The molecule has 0 amide bonds. The van der Waals surface area contributed by atoms with Crippen molar-refractivity contribution >= 4 is 5.95 Å². The minimum absolute atomic E-state index is 0.0275. The molecule has 5 nitrogen and oxygen atoms in total. The molecule has 0 unspecified atom stereocenters. The molecule has 2 saturated heterocycles. The van der Waals surface area contributed by atoms with Crippen LogP contribution >= 0.6 is 0 Å². The molecule has 1 atom stereocenters. The summed E-state index contributed by atoms with van der Waals surface area (Å²) < 4.78 is 11.8. The summed E-state index contributed by atoms with van der Waals surface area (Å²) in [4.78, 5) is 11.2. The van der Waals surface area contributed by atoms with E-state index in [1.165, 1.54) is 5.56 Å². The highest BCUT2D eigenvalue weighted by atomic mass is 16.6. The van der Waals surface area contributed by atoms with Crippen LogP contribution in [0.15, 0.2) is 12.4 Å². The number of ether oxygens (including phenoxy) is 2. The molecule has 0 aliphatic carbocycles. The van der Waals surface area contributed by atoms with E-state index in [-0.39, 0.29) is 11.7 Å². The summed E-state index contributed by atoms with van der Waals surface area (Å²) in [6, 6.07) is 0. The predicted molar refractivity (Wildman–Crippen MR) is 81.6 cm³/mol. The highest BCUT2D eigenvalue weighted by Gasteiger charge is 2.43. The minimum atomic E-state index is 0.0275. The van der Waals surface area contributed by atoms with Gasteiger partial charge in [-0.05, 0) is 31.7 Å². The Labute approximate surface area is 126 Å². The van der Waals surface area contributed by atoms with E-state index in [1.807, 2.05) is 19.3 Å². The van der Waals surface area contributed by atoms with Crippen LogP contribution in [-0.2, 0) is 15.9 Å². The number of hydrogen-bond acceptors (Lipinski definition) is 5. The van der Waals surface area contributed by atoms with Crippen LogP contribution in [-0.4, -0.2) is 48.0 Å². The Kier molecular flexibility index (Phi) is 4.40. The summed E-state index contributed by atoms with van der Waals surface area (Å²) in [6.45, 7) is 7.61. The number of aromatic nitrogens is 2. The van der Waals surface area contributed by atoms with Crippen LogP contribution in [0, 0.1) is 0 Å².